The largest absolute Gasteiger partial charge is 0.478 e. The number of carbonyl (C=O) groups excluding carboxylic acids is 1. The van der Waals surface area contributed by atoms with E-state index >= 15 is 0 Å². The number of amides is 1. The molecule has 1 fully saturated rings. The lowest BCUT2D eigenvalue weighted by Crippen LogP contribution is -2.33. The van der Waals surface area contributed by atoms with E-state index < -0.39 is 5.97 Å². The van der Waals surface area contributed by atoms with Crippen LogP contribution in [0.2, 0.25) is 0 Å². The summed E-state index contributed by atoms with van der Waals surface area (Å²) in [5.74, 6) is -0.962. The van der Waals surface area contributed by atoms with Crippen LogP contribution >= 0.6 is 0 Å². The lowest BCUT2D eigenvalue weighted by Gasteiger charge is -2.21. The minimum absolute atomic E-state index is 0.0312. The molecule has 0 spiro atoms. The van der Waals surface area contributed by atoms with Crippen LogP contribution in [-0.2, 0) is 4.79 Å². The number of aliphatic carboxylic acids is 1. The van der Waals surface area contributed by atoms with Crippen LogP contribution in [0.4, 0.5) is 0 Å². The number of hydrogen-bond donors (Lipinski definition) is 1. The smallest absolute Gasteiger partial charge is 0.328 e. The van der Waals surface area contributed by atoms with Crippen molar-refractivity contribution in [2.24, 2.45) is 0 Å². The maximum absolute atomic E-state index is 12.5. The highest BCUT2D eigenvalue weighted by Crippen LogP contribution is 2.21. The summed E-state index contributed by atoms with van der Waals surface area (Å²) < 4.78 is 0. The van der Waals surface area contributed by atoms with Crippen LogP contribution in [0.15, 0.2) is 24.3 Å². The lowest BCUT2D eigenvalue weighted by atomic mass is 10.0. The molecule has 1 heterocycles. The van der Waals surface area contributed by atoms with Crippen LogP contribution < -0.4 is 0 Å². The Labute approximate surface area is 118 Å². The first-order valence-electron chi connectivity index (χ1n) is 6.81. The summed E-state index contributed by atoms with van der Waals surface area (Å²) in [6.07, 6.45) is 4.69. The molecule has 106 valence electrons. The Morgan fingerprint density at radius 2 is 2.10 bits per heavy atom. The fourth-order valence-corrected chi connectivity index (χ4v) is 2.60. The zero-order chi connectivity index (χ0) is 14.7. The second-order valence-corrected chi connectivity index (χ2v) is 5.29. The van der Waals surface area contributed by atoms with Gasteiger partial charge in [-0.15, -0.1) is 0 Å². The Hall–Kier alpha value is -2.10. The fraction of sp³-hybridized carbons (Fsp3) is 0.375. The molecular formula is C16H19NO3. The third-order valence-electron chi connectivity index (χ3n) is 3.58. The molecule has 0 aliphatic carbocycles. The number of aryl methyl sites for hydroxylation is 1. The predicted octanol–water partition coefficient (Wildman–Crippen LogP) is 2.72. The van der Waals surface area contributed by atoms with Crippen molar-refractivity contribution in [2.45, 2.75) is 32.7 Å². The van der Waals surface area contributed by atoms with Crippen molar-refractivity contribution in [1.82, 2.24) is 4.90 Å². The van der Waals surface area contributed by atoms with Gasteiger partial charge in [-0.3, -0.25) is 4.79 Å². The molecule has 1 N–H and O–H groups in total. The molecule has 0 radical (unpaired) electrons. The standard InChI is InChI=1S/C16H19NO3/c1-11-8-13(5-6-15(18)19)10-14(9-11)16(20)17-7-3-4-12(17)2/h5-6,8-10,12H,3-4,7H2,1-2H3,(H,18,19)/b6-5+. The van der Waals surface area contributed by atoms with Crippen LogP contribution in [0.3, 0.4) is 0 Å². The molecule has 1 aliphatic heterocycles. The van der Waals surface area contributed by atoms with Crippen molar-refractivity contribution in [3.05, 3.63) is 41.0 Å². The number of hydrogen-bond acceptors (Lipinski definition) is 2. The highest BCUT2D eigenvalue weighted by Gasteiger charge is 2.26. The van der Waals surface area contributed by atoms with E-state index in [-0.39, 0.29) is 11.9 Å². The van der Waals surface area contributed by atoms with E-state index in [0.717, 1.165) is 36.6 Å². The van der Waals surface area contributed by atoms with Crippen LogP contribution in [0.5, 0.6) is 0 Å². The summed E-state index contributed by atoms with van der Waals surface area (Å²) in [5, 5.41) is 8.67. The Morgan fingerprint density at radius 3 is 2.70 bits per heavy atom. The fourth-order valence-electron chi connectivity index (χ4n) is 2.60. The van der Waals surface area contributed by atoms with Crippen LogP contribution in [0.1, 0.15) is 41.3 Å². The summed E-state index contributed by atoms with van der Waals surface area (Å²) >= 11 is 0. The van der Waals surface area contributed by atoms with Crippen LogP contribution in [-0.4, -0.2) is 34.5 Å². The van der Waals surface area contributed by atoms with Gasteiger partial charge in [0.1, 0.15) is 0 Å². The molecule has 1 atom stereocenters. The van der Waals surface area contributed by atoms with Gasteiger partial charge in [-0.1, -0.05) is 6.07 Å². The van der Waals surface area contributed by atoms with Gasteiger partial charge < -0.3 is 10.0 Å². The monoisotopic (exact) mass is 273 g/mol. The van der Waals surface area contributed by atoms with Gasteiger partial charge in [0.25, 0.3) is 5.91 Å². The van der Waals surface area contributed by atoms with Crippen LogP contribution in [0, 0.1) is 6.92 Å². The Kier molecular flexibility index (Phi) is 4.23. The molecule has 1 saturated heterocycles. The summed E-state index contributed by atoms with van der Waals surface area (Å²) in [5.41, 5.74) is 2.32. The number of carboxylic acids is 1. The van der Waals surface area contributed by atoms with Crippen molar-refractivity contribution in [1.29, 1.82) is 0 Å². The topological polar surface area (TPSA) is 57.6 Å². The molecule has 4 heteroatoms. The van der Waals surface area contributed by atoms with E-state index in [0.29, 0.717) is 5.56 Å². The zero-order valence-corrected chi connectivity index (χ0v) is 11.8. The number of nitrogens with zero attached hydrogens (tertiary/aromatic N) is 1. The van der Waals surface area contributed by atoms with Gasteiger partial charge in [-0.2, -0.15) is 0 Å². The highest BCUT2D eigenvalue weighted by atomic mass is 16.4. The first kappa shape index (κ1) is 14.3. The minimum Gasteiger partial charge on any atom is -0.478 e. The second-order valence-electron chi connectivity index (χ2n) is 5.29. The summed E-state index contributed by atoms with van der Waals surface area (Å²) in [4.78, 5) is 24.9. The lowest BCUT2D eigenvalue weighted by molar-refractivity contribution is -0.131. The average molecular weight is 273 g/mol. The SMILES string of the molecule is Cc1cc(/C=C/C(=O)O)cc(C(=O)N2CCCC2C)c1. The van der Waals surface area contributed by atoms with Crippen molar-refractivity contribution in [3.63, 3.8) is 0 Å². The number of benzene rings is 1. The summed E-state index contributed by atoms with van der Waals surface area (Å²) in [6, 6.07) is 5.75. The second kappa shape index (κ2) is 5.90. The van der Waals surface area contributed by atoms with Gasteiger partial charge in [0.15, 0.2) is 0 Å². The quantitative estimate of drug-likeness (QED) is 0.861. The van der Waals surface area contributed by atoms with Gasteiger partial charge in [-0.05, 0) is 56.0 Å². The van der Waals surface area contributed by atoms with E-state index in [1.54, 1.807) is 6.07 Å². The normalized spacial score (nSPS) is 18.7. The Balaban J connectivity index is 2.27. The number of carbonyl (C=O) groups is 2. The molecule has 0 saturated carbocycles. The first-order chi connectivity index (χ1) is 9.47. The Bertz CT molecular complexity index is 563. The zero-order valence-electron chi connectivity index (χ0n) is 11.8. The van der Waals surface area contributed by atoms with E-state index in [9.17, 15) is 9.59 Å². The first-order valence-corrected chi connectivity index (χ1v) is 6.81. The summed E-state index contributed by atoms with van der Waals surface area (Å²) in [7, 11) is 0. The van der Waals surface area contributed by atoms with E-state index in [2.05, 4.69) is 6.92 Å². The number of rotatable bonds is 3. The molecule has 0 bridgehead atoms. The molecule has 20 heavy (non-hydrogen) atoms. The molecule has 4 nitrogen and oxygen atoms in total. The van der Waals surface area contributed by atoms with Crippen molar-refractivity contribution >= 4 is 18.0 Å². The number of likely N-dealkylation sites (tertiary alicyclic amines) is 1. The average Bonchev–Trinajstić information content (AvgIpc) is 2.81. The molecule has 1 aromatic carbocycles. The maximum atomic E-state index is 12.5. The van der Waals surface area contributed by atoms with Crippen molar-refractivity contribution in [2.75, 3.05) is 6.54 Å². The molecule has 2 rings (SSSR count). The molecule has 1 unspecified atom stereocenters. The van der Waals surface area contributed by atoms with Gasteiger partial charge in [0.05, 0.1) is 0 Å². The van der Waals surface area contributed by atoms with Crippen molar-refractivity contribution < 1.29 is 14.7 Å². The third-order valence-corrected chi connectivity index (χ3v) is 3.58. The molecule has 0 aromatic heterocycles. The van der Waals surface area contributed by atoms with Gasteiger partial charge in [0.2, 0.25) is 0 Å². The molecule has 1 aromatic rings. The van der Waals surface area contributed by atoms with Crippen LogP contribution in [0.25, 0.3) is 6.08 Å². The molecule has 1 aliphatic rings. The Morgan fingerprint density at radius 1 is 1.35 bits per heavy atom. The minimum atomic E-state index is -0.993. The van der Waals surface area contributed by atoms with Gasteiger partial charge in [-0.25, -0.2) is 4.79 Å². The van der Waals surface area contributed by atoms with E-state index in [1.165, 1.54) is 6.08 Å². The maximum Gasteiger partial charge on any atom is 0.328 e. The third kappa shape index (κ3) is 3.26. The van der Waals surface area contributed by atoms with Crippen molar-refractivity contribution in [3.8, 4) is 0 Å². The van der Waals surface area contributed by atoms with E-state index in [1.807, 2.05) is 24.0 Å². The number of carboxylic acid groups (broad SMARTS) is 1. The van der Waals surface area contributed by atoms with E-state index in [4.69, 9.17) is 5.11 Å². The van der Waals surface area contributed by atoms with Gasteiger partial charge >= 0.3 is 5.97 Å². The molecule has 1 amide bonds. The van der Waals surface area contributed by atoms with Gasteiger partial charge in [0, 0.05) is 24.2 Å². The molecular weight excluding hydrogens is 254 g/mol. The summed E-state index contributed by atoms with van der Waals surface area (Å²) in [6.45, 7) is 4.77. The highest BCUT2D eigenvalue weighted by molar-refractivity contribution is 5.95. The predicted molar refractivity (Wildman–Crippen MR) is 77.6 cm³/mol.